The maximum atomic E-state index is 12.3. The van der Waals surface area contributed by atoms with Crippen molar-refractivity contribution in [2.45, 2.75) is 45.2 Å². The number of aromatic amines is 1. The van der Waals surface area contributed by atoms with E-state index < -0.39 is 11.2 Å². The molecule has 1 aromatic heterocycles. The van der Waals surface area contributed by atoms with Crippen LogP contribution in [0.2, 0.25) is 0 Å². The van der Waals surface area contributed by atoms with Gasteiger partial charge in [0, 0.05) is 11.2 Å². The number of benzene rings is 1. The number of hydrogen-bond acceptors (Lipinski definition) is 2. The van der Waals surface area contributed by atoms with Crippen molar-refractivity contribution in [3.05, 3.63) is 35.9 Å². The lowest BCUT2D eigenvalue weighted by atomic mass is 10.0. The molecule has 0 aliphatic heterocycles. The van der Waals surface area contributed by atoms with Gasteiger partial charge in [-0.25, -0.2) is 0 Å². The van der Waals surface area contributed by atoms with Gasteiger partial charge in [-0.3, -0.25) is 4.98 Å². The van der Waals surface area contributed by atoms with E-state index in [0.29, 0.717) is 16.8 Å². The van der Waals surface area contributed by atoms with E-state index in [1.54, 1.807) is 0 Å². The van der Waals surface area contributed by atoms with Crippen LogP contribution in [0.3, 0.4) is 0 Å². The molecule has 1 aromatic carbocycles. The molecule has 21 heavy (non-hydrogen) atoms. The van der Waals surface area contributed by atoms with Crippen molar-refractivity contribution in [3.63, 3.8) is 0 Å². The first kappa shape index (κ1) is 16.1. The van der Waals surface area contributed by atoms with E-state index in [4.69, 9.17) is 0 Å². The van der Waals surface area contributed by atoms with Crippen LogP contribution in [-0.4, -0.2) is 20.3 Å². The first-order chi connectivity index (χ1) is 10.1. The Morgan fingerprint density at radius 3 is 2.81 bits per heavy atom. The molecule has 0 fully saturated rings. The molecule has 2 rings (SSSR count). The molecule has 0 spiro atoms. The molecule has 2 aromatic rings. The smallest absolute Gasteiger partial charge is 0.321 e. The number of H-pyrrole nitrogens is 1. The number of imidazole rings is 1. The SMILES string of the molecule is CC(C)=CCCC(C)CC[S+]([O-])c1nc2ccccc2[nH]1. The molecule has 0 saturated carbocycles. The Morgan fingerprint density at radius 2 is 2.10 bits per heavy atom. The zero-order chi connectivity index (χ0) is 15.2. The summed E-state index contributed by atoms with van der Waals surface area (Å²) in [7, 11) is 0. The van der Waals surface area contributed by atoms with Crippen LogP contribution in [0.15, 0.2) is 41.1 Å². The topological polar surface area (TPSA) is 51.7 Å². The second-order valence-corrected chi connectivity index (χ2v) is 7.35. The van der Waals surface area contributed by atoms with E-state index in [2.05, 4.69) is 36.8 Å². The Kier molecular flexibility index (Phi) is 5.88. The van der Waals surface area contributed by atoms with E-state index in [9.17, 15) is 4.55 Å². The van der Waals surface area contributed by atoms with Crippen LogP contribution in [0.4, 0.5) is 0 Å². The van der Waals surface area contributed by atoms with Crippen LogP contribution in [0.1, 0.15) is 40.0 Å². The average Bonchev–Trinajstić information content (AvgIpc) is 2.88. The molecule has 0 bridgehead atoms. The third-order valence-corrected chi connectivity index (χ3v) is 4.82. The second-order valence-electron chi connectivity index (χ2n) is 5.86. The summed E-state index contributed by atoms with van der Waals surface area (Å²) in [5.41, 5.74) is 3.21. The quantitative estimate of drug-likeness (QED) is 0.607. The van der Waals surface area contributed by atoms with Crippen molar-refractivity contribution in [2.75, 3.05) is 5.75 Å². The van der Waals surface area contributed by atoms with Gasteiger partial charge in [0.1, 0.15) is 5.75 Å². The third kappa shape index (κ3) is 4.90. The van der Waals surface area contributed by atoms with Crippen molar-refractivity contribution >= 4 is 22.2 Å². The van der Waals surface area contributed by atoms with E-state index >= 15 is 0 Å². The summed E-state index contributed by atoms with van der Waals surface area (Å²) in [5.74, 6) is 1.27. The number of fused-ring (bicyclic) bond motifs is 1. The molecule has 0 saturated heterocycles. The summed E-state index contributed by atoms with van der Waals surface area (Å²) in [6.45, 7) is 6.48. The Morgan fingerprint density at radius 1 is 1.33 bits per heavy atom. The van der Waals surface area contributed by atoms with Gasteiger partial charge in [0.15, 0.2) is 0 Å². The molecule has 0 aliphatic carbocycles. The summed E-state index contributed by atoms with van der Waals surface area (Å²) in [6, 6.07) is 7.80. The highest BCUT2D eigenvalue weighted by Crippen LogP contribution is 2.18. The number of para-hydroxylation sites is 2. The maximum absolute atomic E-state index is 12.3. The van der Waals surface area contributed by atoms with Crippen molar-refractivity contribution in [2.24, 2.45) is 5.92 Å². The molecule has 3 nitrogen and oxygen atoms in total. The van der Waals surface area contributed by atoms with E-state index in [0.717, 1.165) is 30.3 Å². The van der Waals surface area contributed by atoms with E-state index in [-0.39, 0.29) is 0 Å². The fourth-order valence-corrected chi connectivity index (χ4v) is 3.48. The lowest BCUT2D eigenvalue weighted by Crippen LogP contribution is -2.11. The number of rotatable bonds is 7. The molecule has 0 aliphatic rings. The Balaban J connectivity index is 1.83. The van der Waals surface area contributed by atoms with Crippen LogP contribution < -0.4 is 0 Å². The Hall–Kier alpha value is -1.26. The fraction of sp³-hybridized carbons (Fsp3) is 0.471. The minimum absolute atomic E-state index is 0.592. The zero-order valence-electron chi connectivity index (χ0n) is 13.1. The predicted octanol–water partition coefficient (Wildman–Crippen LogP) is 4.44. The van der Waals surface area contributed by atoms with Crippen LogP contribution in [0, 0.1) is 5.92 Å². The average molecular weight is 304 g/mol. The molecule has 2 unspecified atom stereocenters. The van der Waals surface area contributed by atoms with Crippen molar-refractivity contribution < 1.29 is 4.55 Å². The molecule has 1 N–H and O–H groups in total. The van der Waals surface area contributed by atoms with E-state index in [1.165, 1.54) is 5.57 Å². The molecule has 114 valence electrons. The van der Waals surface area contributed by atoms with Crippen molar-refractivity contribution in [1.82, 2.24) is 9.97 Å². The Labute approximate surface area is 130 Å². The van der Waals surface area contributed by atoms with Gasteiger partial charge in [0.05, 0.1) is 11.0 Å². The number of allylic oxidation sites excluding steroid dienone is 2. The van der Waals surface area contributed by atoms with Crippen molar-refractivity contribution in [1.29, 1.82) is 0 Å². The largest absolute Gasteiger partial charge is 0.609 e. The second kappa shape index (κ2) is 7.66. The highest BCUT2D eigenvalue weighted by Gasteiger charge is 2.17. The lowest BCUT2D eigenvalue weighted by molar-refractivity contribution is 0.512. The van der Waals surface area contributed by atoms with Gasteiger partial charge in [0.25, 0.3) is 0 Å². The Bertz CT molecular complexity index is 569. The van der Waals surface area contributed by atoms with Gasteiger partial charge in [-0.1, -0.05) is 30.7 Å². The summed E-state index contributed by atoms with van der Waals surface area (Å²) < 4.78 is 12.3. The van der Waals surface area contributed by atoms with Gasteiger partial charge >= 0.3 is 5.16 Å². The van der Waals surface area contributed by atoms with Crippen molar-refractivity contribution in [3.8, 4) is 0 Å². The standard InChI is InChI=1S/C17H24N2OS/c1-13(2)7-6-8-14(3)11-12-21(20)17-18-15-9-4-5-10-16(15)19-17/h4-5,7,9-10,14H,6,8,11-12H2,1-3H3,(H,18,19). The summed E-state index contributed by atoms with van der Waals surface area (Å²) >= 11 is -1.03. The van der Waals surface area contributed by atoms with Gasteiger partial charge in [-0.15, -0.1) is 0 Å². The maximum Gasteiger partial charge on any atom is 0.321 e. The molecule has 4 heteroatoms. The van der Waals surface area contributed by atoms with Gasteiger partial charge < -0.3 is 4.55 Å². The summed E-state index contributed by atoms with van der Waals surface area (Å²) in [6.07, 6.45) is 5.51. The zero-order valence-corrected chi connectivity index (χ0v) is 13.9. The number of nitrogens with one attached hydrogen (secondary N) is 1. The highest BCUT2D eigenvalue weighted by molar-refractivity contribution is 7.91. The molecular weight excluding hydrogens is 280 g/mol. The highest BCUT2D eigenvalue weighted by atomic mass is 32.2. The molecule has 1 heterocycles. The summed E-state index contributed by atoms with van der Waals surface area (Å²) in [4.78, 5) is 7.57. The van der Waals surface area contributed by atoms with E-state index in [1.807, 2.05) is 24.3 Å². The minimum atomic E-state index is -1.03. The normalized spacial score (nSPS) is 14.1. The fourth-order valence-electron chi connectivity index (χ4n) is 2.24. The summed E-state index contributed by atoms with van der Waals surface area (Å²) in [5, 5.41) is 0.604. The molecular formula is C17H24N2OS. The number of hydrogen-bond donors (Lipinski definition) is 1. The van der Waals surface area contributed by atoms with Gasteiger partial charge in [-0.2, -0.15) is 4.98 Å². The number of aromatic nitrogens is 2. The predicted molar refractivity (Wildman–Crippen MR) is 89.8 cm³/mol. The monoisotopic (exact) mass is 304 g/mol. The van der Waals surface area contributed by atoms with Crippen LogP contribution in [0.25, 0.3) is 11.0 Å². The lowest BCUT2D eigenvalue weighted by Gasteiger charge is -2.11. The molecule has 2 atom stereocenters. The first-order valence-electron chi connectivity index (χ1n) is 7.52. The van der Waals surface area contributed by atoms with Crippen LogP contribution in [0.5, 0.6) is 0 Å². The number of nitrogens with zero attached hydrogens (tertiary/aromatic N) is 1. The first-order valence-corrected chi connectivity index (χ1v) is 8.84. The third-order valence-electron chi connectivity index (χ3n) is 3.59. The van der Waals surface area contributed by atoms with Gasteiger partial charge in [0.2, 0.25) is 0 Å². The van der Waals surface area contributed by atoms with Crippen LogP contribution >= 0.6 is 0 Å². The molecule has 0 amide bonds. The van der Waals surface area contributed by atoms with Crippen LogP contribution in [-0.2, 0) is 11.2 Å². The van der Waals surface area contributed by atoms with Gasteiger partial charge in [-0.05, 0) is 51.2 Å². The molecule has 0 radical (unpaired) electrons. The minimum Gasteiger partial charge on any atom is -0.609 e.